The molecule has 0 aromatic heterocycles. The van der Waals surface area contributed by atoms with Crippen LogP contribution in [0.4, 0.5) is 0 Å². The Bertz CT molecular complexity index is 1280. The molecule has 0 amide bonds. The molecule has 0 spiro atoms. The molecular weight excluding hydrogens is 550 g/mol. The summed E-state index contributed by atoms with van der Waals surface area (Å²) < 4.78 is 22.9. The van der Waals surface area contributed by atoms with E-state index in [1.807, 2.05) is 51.1 Å². The van der Waals surface area contributed by atoms with Crippen LogP contribution in [0, 0.1) is 5.92 Å². The Hall–Kier alpha value is -3.13. The van der Waals surface area contributed by atoms with Gasteiger partial charge in [-0.15, -0.1) is 0 Å². The highest BCUT2D eigenvalue weighted by atomic mass is 79.9. The second-order valence-corrected chi connectivity index (χ2v) is 10.6. The molecule has 7 nitrogen and oxygen atoms in total. The number of methoxy groups -OCH3 is 3. The lowest BCUT2D eigenvalue weighted by Gasteiger charge is -2.37. The van der Waals surface area contributed by atoms with Crippen molar-refractivity contribution < 1.29 is 28.5 Å². The van der Waals surface area contributed by atoms with Crippen LogP contribution in [0.15, 0.2) is 57.1 Å². The predicted octanol–water partition coefficient (Wildman–Crippen LogP) is 6.39. The minimum atomic E-state index is -0.737. The van der Waals surface area contributed by atoms with E-state index in [9.17, 15) is 9.59 Å². The van der Waals surface area contributed by atoms with Crippen molar-refractivity contribution in [2.75, 3.05) is 21.3 Å². The number of carbonyl (C=O) groups is 2. The molecule has 4 atom stereocenters. The van der Waals surface area contributed by atoms with Crippen LogP contribution < -0.4 is 14.2 Å². The molecule has 0 bridgehead atoms. The van der Waals surface area contributed by atoms with Gasteiger partial charge in [-0.05, 0) is 68.0 Å². The number of rotatable bonds is 8. The van der Waals surface area contributed by atoms with E-state index in [1.165, 1.54) is 0 Å². The zero-order valence-electron chi connectivity index (χ0n) is 22.7. The monoisotopic (exact) mass is 583 g/mol. The Morgan fingerprint density at radius 2 is 1.71 bits per heavy atom. The molecule has 2 aliphatic rings. The number of allylic oxidation sites excluding steroid dienone is 2. The van der Waals surface area contributed by atoms with Crippen LogP contribution in [0.1, 0.15) is 63.0 Å². The summed E-state index contributed by atoms with van der Waals surface area (Å²) in [5.74, 6) is 0.106. The summed E-state index contributed by atoms with van der Waals surface area (Å²) in [6, 6.07) is 11.4. The van der Waals surface area contributed by atoms with E-state index in [0.717, 1.165) is 22.6 Å². The number of aliphatic imine (C=N–C) groups is 1. The Kier molecular flexibility index (Phi) is 8.61. The SMILES string of the molecule is CC[C@@H](C)OC(=O)C1C(C)=NC2=C(C(=O)C[C@H](c3ccc(OC)cc3)C2)[C@@H]1c1cc(OC)c(OC)cc1Br. The van der Waals surface area contributed by atoms with Gasteiger partial charge in [0, 0.05) is 33.8 Å². The zero-order chi connectivity index (χ0) is 27.6. The third-order valence-electron chi connectivity index (χ3n) is 7.46. The smallest absolute Gasteiger partial charge is 0.315 e. The number of esters is 1. The van der Waals surface area contributed by atoms with Gasteiger partial charge in [0.15, 0.2) is 17.3 Å². The fourth-order valence-electron chi connectivity index (χ4n) is 5.28. The molecule has 2 aromatic rings. The fraction of sp³-hybridized carbons (Fsp3) is 0.433. The number of nitrogens with zero attached hydrogens (tertiary/aromatic N) is 1. The maximum atomic E-state index is 13.9. The van der Waals surface area contributed by atoms with E-state index in [0.29, 0.717) is 46.5 Å². The van der Waals surface area contributed by atoms with Crippen LogP contribution in [0.2, 0.25) is 0 Å². The normalized spacial score (nSPS) is 21.8. The molecule has 0 N–H and O–H groups in total. The molecule has 38 heavy (non-hydrogen) atoms. The van der Waals surface area contributed by atoms with E-state index in [2.05, 4.69) is 15.9 Å². The maximum absolute atomic E-state index is 13.9. The van der Waals surface area contributed by atoms with Crippen molar-refractivity contribution in [3.63, 3.8) is 0 Å². The van der Waals surface area contributed by atoms with Crippen molar-refractivity contribution in [3.8, 4) is 17.2 Å². The molecule has 2 aromatic carbocycles. The highest BCUT2D eigenvalue weighted by molar-refractivity contribution is 9.10. The van der Waals surface area contributed by atoms with Gasteiger partial charge in [-0.2, -0.15) is 0 Å². The standard InChI is InChI=1S/C30H34BrNO6/c1-7-16(2)38-30(34)27-17(3)32-23-12-19(18-8-10-20(35-4)11-9-18)13-24(33)29(23)28(27)21-14-25(36-5)26(37-6)15-22(21)31/h8-11,14-16,19,27-28H,7,12-13H2,1-6H3/t16-,19-,27?,28-/m1/s1. The van der Waals surface area contributed by atoms with Crippen molar-refractivity contribution in [3.05, 3.63) is 63.3 Å². The number of benzene rings is 2. The van der Waals surface area contributed by atoms with Gasteiger partial charge in [-0.25, -0.2) is 0 Å². The topological polar surface area (TPSA) is 83.4 Å². The first kappa shape index (κ1) is 27.9. The molecule has 4 rings (SSSR count). The van der Waals surface area contributed by atoms with E-state index in [1.54, 1.807) is 27.4 Å². The lowest BCUT2D eigenvalue weighted by Crippen LogP contribution is -2.39. The summed E-state index contributed by atoms with van der Waals surface area (Å²) in [4.78, 5) is 32.3. The van der Waals surface area contributed by atoms with Crippen molar-refractivity contribution in [1.29, 1.82) is 0 Å². The third kappa shape index (κ3) is 5.37. The van der Waals surface area contributed by atoms with Crippen LogP contribution >= 0.6 is 15.9 Å². The second-order valence-electron chi connectivity index (χ2n) is 9.75. The summed E-state index contributed by atoms with van der Waals surface area (Å²) in [6.07, 6.45) is 1.37. The van der Waals surface area contributed by atoms with Crippen LogP contribution in [-0.2, 0) is 14.3 Å². The first-order chi connectivity index (χ1) is 18.2. The summed E-state index contributed by atoms with van der Waals surface area (Å²) in [5, 5.41) is 0. The highest BCUT2D eigenvalue weighted by Gasteiger charge is 2.46. The van der Waals surface area contributed by atoms with Gasteiger partial charge in [0.1, 0.15) is 11.7 Å². The second kappa shape index (κ2) is 11.7. The van der Waals surface area contributed by atoms with Gasteiger partial charge in [-0.3, -0.25) is 14.6 Å². The van der Waals surface area contributed by atoms with Gasteiger partial charge < -0.3 is 18.9 Å². The number of Topliss-reactive ketones (excluding diaryl/α,β-unsaturated/α-hetero) is 1. The van der Waals surface area contributed by atoms with Gasteiger partial charge >= 0.3 is 5.97 Å². The molecule has 202 valence electrons. The number of halogens is 1. The minimum Gasteiger partial charge on any atom is -0.497 e. The van der Waals surface area contributed by atoms with Gasteiger partial charge in [0.25, 0.3) is 0 Å². The molecule has 1 aliphatic carbocycles. The van der Waals surface area contributed by atoms with Gasteiger partial charge in [0.05, 0.1) is 27.4 Å². The van der Waals surface area contributed by atoms with Crippen LogP contribution in [0.5, 0.6) is 17.2 Å². The fourth-order valence-corrected chi connectivity index (χ4v) is 5.84. The van der Waals surface area contributed by atoms with Crippen molar-refractivity contribution in [2.45, 2.75) is 58.0 Å². The van der Waals surface area contributed by atoms with Crippen molar-refractivity contribution in [2.24, 2.45) is 10.9 Å². The number of carbonyl (C=O) groups excluding carboxylic acids is 2. The Morgan fingerprint density at radius 1 is 1.05 bits per heavy atom. The lowest BCUT2D eigenvalue weighted by molar-refractivity contribution is -0.151. The van der Waals surface area contributed by atoms with E-state index in [-0.39, 0.29) is 23.8 Å². The Labute approximate surface area is 232 Å². The molecule has 0 fully saturated rings. The maximum Gasteiger partial charge on any atom is 0.315 e. The van der Waals surface area contributed by atoms with Crippen molar-refractivity contribution >= 4 is 33.4 Å². The highest BCUT2D eigenvalue weighted by Crippen LogP contribution is 2.50. The van der Waals surface area contributed by atoms with Crippen LogP contribution in [-0.4, -0.2) is 44.9 Å². The van der Waals surface area contributed by atoms with E-state index >= 15 is 0 Å². The first-order valence-corrected chi connectivity index (χ1v) is 13.6. The number of hydrogen-bond acceptors (Lipinski definition) is 7. The number of ketones is 1. The van der Waals surface area contributed by atoms with Crippen LogP contribution in [0.3, 0.4) is 0 Å². The number of ether oxygens (including phenoxy) is 4. The Morgan fingerprint density at radius 3 is 2.32 bits per heavy atom. The zero-order valence-corrected chi connectivity index (χ0v) is 24.3. The largest absolute Gasteiger partial charge is 0.497 e. The van der Waals surface area contributed by atoms with Gasteiger partial charge in [0.2, 0.25) is 0 Å². The molecule has 0 radical (unpaired) electrons. The van der Waals surface area contributed by atoms with Crippen LogP contribution in [0.25, 0.3) is 0 Å². The lowest BCUT2D eigenvalue weighted by atomic mass is 9.69. The minimum absolute atomic E-state index is 0.0122. The average molecular weight is 585 g/mol. The van der Waals surface area contributed by atoms with Gasteiger partial charge in [-0.1, -0.05) is 35.0 Å². The molecule has 0 saturated carbocycles. The summed E-state index contributed by atoms with van der Waals surface area (Å²) in [6.45, 7) is 5.67. The average Bonchev–Trinajstić information content (AvgIpc) is 2.91. The van der Waals surface area contributed by atoms with Crippen molar-refractivity contribution in [1.82, 2.24) is 0 Å². The van der Waals surface area contributed by atoms with E-state index < -0.39 is 11.8 Å². The third-order valence-corrected chi connectivity index (χ3v) is 8.15. The molecule has 1 unspecified atom stereocenters. The quantitative estimate of drug-likeness (QED) is 0.335. The van der Waals surface area contributed by atoms with E-state index in [4.69, 9.17) is 23.9 Å². The summed E-state index contributed by atoms with van der Waals surface area (Å²) >= 11 is 3.67. The summed E-state index contributed by atoms with van der Waals surface area (Å²) in [7, 11) is 4.76. The molecule has 1 heterocycles. The molecular formula is C30H34BrNO6. The summed E-state index contributed by atoms with van der Waals surface area (Å²) in [5.41, 5.74) is 3.73. The molecule has 1 aliphatic heterocycles. The number of hydrogen-bond donors (Lipinski definition) is 0. The predicted molar refractivity (Wildman–Crippen MR) is 149 cm³/mol. The first-order valence-electron chi connectivity index (χ1n) is 12.8. The molecule has 0 saturated heterocycles. The molecule has 8 heteroatoms. The Balaban J connectivity index is 1.83.